The number of hydrogen-bond acceptors (Lipinski definition) is 5. The van der Waals surface area contributed by atoms with Crippen molar-refractivity contribution in [1.29, 1.82) is 0 Å². The van der Waals surface area contributed by atoms with Gasteiger partial charge in [-0.25, -0.2) is 0 Å². The minimum atomic E-state index is 0.210. The van der Waals surface area contributed by atoms with Crippen LogP contribution in [0.4, 0.5) is 0 Å². The summed E-state index contributed by atoms with van der Waals surface area (Å²) in [5.74, 6) is 1.78. The molecule has 0 bridgehead atoms. The van der Waals surface area contributed by atoms with Gasteiger partial charge in [0.25, 0.3) is 5.89 Å². The SMILES string of the molecule is c1ccc2oc(-c3nc(C4CCCN4)no3)cc2c1. The highest BCUT2D eigenvalue weighted by Gasteiger charge is 2.23. The summed E-state index contributed by atoms with van der Waals surface area (Å²) in [5.41, 5.74) is 0.830. The molecule has 1 saturated heterocycles. The van der Waals surface area contributed by atoms with Crippen LogP contribution >= 0.6 is 0 Å². The smallest absolute Gasteiger partial charge is 0.293 e. The fraction of sp³-hybridized carbons (Fsp3) is 0.286. The Balaban J connectivity index is 1.71. The highest BCUT2D eigenvalue weighted by Crippen LogP contribution is 2.28. The lowest BCUT2D eigenvalue weighted by Gasteiger charge is -2.01. The van der Waals surface area contributed by atoms with Gasteiger partial charge in [0.2, 0.25) is 0 Å². The maximum absolute atomic E-state index is 5.71. The molecule has 1 aliphatic heterocycles. The van der Waals surface area contributed by atoms with Crippen LogP contribution in [0.3, 0.4) is 0 Å². The fourth-order valence-electron chi connectivity index (χ4n) is 2.47. The molecule has 0 spiro atoms. The van der Waals surface area contributed by atoms with Crippen LogP contribution in [0.5, 0.6) is 0 Å². The first kappa shape index (κ1) is 10.8. The number of aromatic nitrogens is 2. The zero-order chi connectivity index (χ0) is 12.7. The van der Waals surface area contributed by atoms with Gasteiger partial charge in [-0.2, -0.15) is 4.98 Å². The average Bonchev–Trinajstić information content (AvgIpc) is 3.17. The number of nitrogens with one attached hydrogen (secondary N) is 1. The summed E-state index contributed by atoms with van der Waals surface area (Å²) in [4.78, 5) is 4.42. The van der Waals surface area contributed by atoms with Crippen LogP contribution in [0.2, 0.25) is 0 Å². The third-order valence-corrected chi connectivity index (χ3v) is 3.45. The summed E-state index contributed by atoms with van der Waals surface area (Å²) in [5, 5.41) is 8.42. The summed E-state index contributed by atoms with van der Waals surface area (Å²) in [6.07, 6.45) is 2.21. The second-order valence-electron chi connectivity index (χ2n) is 4.76. The molecule has 0 amide bonds. The Morgan fingerprint density at radius 3 is 3.05 bits per heavy atom. The highest BCUT2D eigenvalue weighted by molar-refractivity contribution is 5.81. The number of rotatable bonds is 2. The third kappa shape index (κ3) is 1.82. The molecule has 5 nitrogen and oxygen atoms in total. The molecule has 96 valence electrons. The molecule has 19 heavy (non-hydrogen) atoms. The Bertz CT molecular complexity index is 677. The van der Waals surface area contributed by atoms with Crippen LogP contribution < -0.4 is 5.32 Å². The van der Waals surface area contributed by atoms with E-state index in [1.165, 1.54) is 0 Å². The van der Waals surface area contributed by atoms with Crippen LogP contribution in [-0.2, 0) is 0 Å². The fourth-order valence-corrected chi connectivity index (χ4v) is 2.47. The molecule has 1 N–H and O–H groups in total. The van der Waals surface area contributed by atoms with E-state index < -0.39 is 0 Å². The van der Waals surface area contributed by atoms with Gasteiger partial charge in [-0.3, -0.25) is 0 Å². The van der Waals surface area contributed by atoms with Crippen LogP contribution in [0.1, 0.15) is 24.7 Å². The van der Waals surface area contributed by atoms with Gasteiger partial charge in [0.05, 0.1) is 6.04 Å². The van der Waals surface area contributed by atoms with E-state index in [1.54, 1.807) is 0 Å². The molecule has 1 atom stereocenters. The van der Waals surface area contributed by atoms with Gasteiger partial charge in [-0.05, 0) is 31.5 Å². The third-order valence-electron chi connectivity index (χ3n) is 3.45. The first-order chi connectivity index (χ1) is 9.40. The minimum absolute atomic E-state index is 0.210. The van der Waals surface area contributed by atoms with E-state index in [2.05, 4.69) is 15.5 Å². The van der Waals surface area contributed by atoms with Gasteiger partial charge in [-0.1, -0.05) is 23.4 Å². The van der Waals surface area contributed by atoms with E-state index in [4.69, 9.17) is 8.94 Å². The molecule has 1 aromatic carbocycles. The second kappa shape index (κ2) is 4.20. The van der Waals surface area contributed by atoms with E-state index in [1.807, 2.05) is 30.3 Å². The Morgan fingerprint density at radius 2 is 2.21 bits per heavy atom. The molecule has 1 unspecified atom stereocenters. The molecule has 2 aromatic heterocycles. The van der Waals surface area contributed by atoms with E-state index in [-0.39, 0.29) is 6.04 Å². The number of hydrogen-bond donors (Lipinski definition) is 1. The minimum Gasteiger partial charge on any atom is -0.451 e. The summed E-state index contributed by atoms with van der Waals surface area (Å²) in [6.45, 7) is 1.01. The monoisotopic (exact) mass is 255 g/mol. The van der Waals surface area contributed by atoms with Crippen molar-refractivity contribution in [1.82, 2.24) is 15.5 Å². The molecule has 5 heteroatoms. The van der Waals surface area contributed by atoms with Crippen molar-refractivity contribution in [3.05, 3.63) is 36.2 Å². The average molecular weight is 255 g/mol. The number of fused-ring (bicyclic) bond motifs is 1. The number of para-hydroxylation sites is 1. The van der Waals surface area contributed by atoms with Gasteiger partial charge in [-0.15, -0.1) is 0 Å². The zero-order valence-electron chi connectivity index (χ0n) is 10.3. The highest BCUT2D eigenvalue weighted by atomic mass is 16.5. The predicted molar refractivity (Wildman–Crippen MR) is 69.5 cm³/mol. The molecule has 0 saturated carbocycles. The second-order valence-corrected chi connectivity index (χ2v) is 4.76. The maximum Gasteiger partial charge on any atom is 0.293 e. The zero-order valence-corrected chi connectivity index (χ0v) is 10.3. The van der Waals surface area contributed by atoms with Crippen LogP contribution in [0.15, 0.2) is 39.3 Å². The Hall–Kier alpha value is -2.14. The van der Waals surface area contributed by atoms with Crippen molar-refractivity contribution in [2.75, 3.05) is 6.54 Å². The van der Waals surface area contributed by atoms with Crippen LogP contribution in [0.25, 0.3) is 22.6 Å². The molecule has 1 aliphatic rings. The van der Waals surface area contributed by atoms with Crippen LogP contribution in [0, 0.1) is 0 Å². The lowest BCUT2D eigenvalue weighted by Crippen LogP contribution is -2.14. The van der Waals surface area contributed by atoms with Crippen LogP contribution in [-0.4, -0.2) is 16.7 Å². The molecule has 1 fully saturated rings. The first-order valence-electron chi connectivity index (χ1n) is 6.46. The maximum atomic E-state index is 5.71. The summed E-state index contributed by atoms with van der Waals surface area (Å²) in [7, 11) is 0. The molecular weight excluding hydrogens is 242 g/mol. The van der Waals surface area contributed by atoms with E-state index in [0.29, 0.717) is 17.5 Å². The molecular formula is C14H13N3O2. The van der Waals surface area contributed by atoms with Crippen molar-refractivity contribution in [3.8, 4) is 11.7 Å². The Morgan fingerprint density at radius 1 is 1.26 bits per heavy atom. The van der Waals surface area contributed by atoms with Crippen molar-refractivity contribution >= 4 is 11.0 Å². The summed E-state index contributed by atoms with van der Waals surface area (Å²) in [6, 6.07) is 9.98. The molecule has 4 rings (SSSR count). The standard InChI is InChI=1S/C14H13N3O2/c1-2-6-11-9(4-1)8-12(18-11)14-16-13(17-19-14)10-5-3-7-15-10/h1-2,4,6,8,10,15H,3,5,7H2. The quantitative estimate of drug-likeness (QED) is 0.762. The van der Waals surface area contributed by atoms with Crippen molar-refractivity contribution in [2.45, 2.75) is 18.9 Å². The van der Waals surface area contributed by atoms with E-state index in [0.717, 1.165) is 30.4 Å². The van der Waals surface area contributed by atoms with E-state index in [9.17, 15) is 0 Å². The largest absolute Gasteiger partial charge is 0.451 e. The Kier molecular flexibility index (Phi) is 2.38. The van der Waals surface area contributed by atoms with Gasteiger partial charge < -0.3 is 14.3 Å². The van der Waals surface area contributed by atoms with E-state index >= 15 is 0 Å². The van der Waals surface area contributed by atoms with Crippen molar-refractivity contribution < 1.29 is 8.94 Å². The van der Waals surface area contributed by atoms with Gasteiger partial charge in [0, 0.05) is 5.39 Å². The predicted octanol–water partition coefficient (Wildman–Crippen LogP) is 2.91. The summed E-state index contributed by atoms with van der Waals surface area (Å²) < 4.78 is 11.0. The Labute approximate surface area is 109 Å². The molecule has 0 radical (unpaired) electrons. The first-order valence-corrected chi connectivity index (χ1v) is 6.46. The topological polar surface area (TPSA) is 64.1 Å². The molecule has 3 aromatic rings. The molecule has 3 heterocycles. The number of benzene rings is 1. The van der Waals surface area contributed by atoms with Gasteiger partial charge >= 0.3 is 0 Å². The lowest BCUT2D eigenvalue weighted by molar-refractivity contribution is 0.403. The van der Waals surface area contributed by atoms with Gasteiger partial charge in [0.1, 0.15) is 5.58 Å². The lowest BCUT2D eigenvalue weighted by atomic mass is 10.2. The van der Waals surface area contributed by atoms with Gasteiger partial charge in [0.15, 0.2) is 11.6 Å². The number of furan rings is 1. The van der Waals surface area contributed by atoms with Crippen molar-refractivity contribution in [2.24, 2.45) is 0 Å². The molecule has 0 aliphatic carbocycles. The normalized spacial score (nSPS) is 19.3. The summed E-state index contributed by atoms with van der Waals surface area (Å²) >= 11 is 0. The van der Waals surface area contributed by atoms with Crippen molar-refractivity contribution in [3.63, 3.8) is 0 Å². The number of nitrogens with zero attached hydrogens (tertiary/aromatic N) is 2.